The maximum atomic E-state index is 12.7. The van der Waals surface area contributed by atoms with Crippen LogP contribution in [-0.4, -0.2) is 42.0 Å². The van der Waals surface area contributed by atoms with E-state index >= 15 is 0 Å². The van der Waals surface area contributed by atoms with Crippen molar-refractivity contribution in [2.45, 2.75) is 26.3 Å². The summed E-state index contributed by atoms with van der Waals surface area (Å²) in [7, 11) is 1.34. The average Bonchev–Trinajstić information content (AvgIpc) is 3.11. The van der Waals surface area contributed by atoms with Gasteiger partial charge in [-0.25, -0.2) is 9.78 Å². The van der Waals surface area contributed by atoms with E-state index in [2.05, 4.69) is 17.1 Å². The van der Waals surface area contributed by atoms with Crippen molar-refractivity contribution in [3.8, 4) is 0 Å². The highest BCUT2D eigenvalue weighted by atomic mass is 32.1. The lowest BCUT2D eigenvalue weighted by Gasteiger charge is -2.30. The first-order valence-corrected chi connectivity index (χ1v) is 11.0. The number of nitrogens with zero attached hydrogens (tertiary/aromatic N) is 2. The SMILES string of the molecule is COC(=O)c1sc2nc(CN3CCC[C@@H](C)C3)ccc2c1NC(=O)c1ccccc1. The van der Waals surface area contributed by atoms with Gasteiger partial charge in [0.25, 0.3) is 5.91 Å². The van der Waals surface area contributed by atoms with Gasteiger partial charge in [-0.3, -0.25) is 9.69 Å². The summed E-state index contributed by atoms with van der Waals surface area (Å²) in [4.78, 5) is 33.3. The van der Waals surface area contributed by atoms with Crippen LogP contribution in [-0.2, 0) is 11.3 Å². The number of anilines is 1. The van der Waals surface area contributed by atoms with Crippen LogP contribution in [0.1, 0.15) is 45.5 Å². The van der Waals surface area contributed by atoms with Gasteiger partial charge in [0.1, 0.15) is 9.71 Å². The lowest BCUT2D eigenvalue weighted by molar-refractivity contribution is 0.0607. The maximum absolute atomic E-state index is 12.7. The Bertz CT molecular complexity index is 1060. The summed E-state index contributed by atoms with van der Waals surface area (Å²) in [5.41, 5.74) is 1.95. The normalized spacial score (nSPS) is 17.1. The maximum Gasteiger partial charge on any atom is 0.350 e. The van der Waals surface area contributed by atoms with Gasteiger partial charge in [0.2, 0.25) is 0 Å². The minimum Gasteiger partial charge on any atom is -0.465 e. The molecule has 1 amide bonds. The first-order chi connectivity index (χ1) is 14.5. The third-order valence-corrected chi connectivity index (χ3v) is 6.46. The molecule has 1 aliphatic heterocycles. The van der Waals surface area contributed by atoms with Gasteiger partial charge in [0.05, 0.1) is 18.5 Å². The highest BCUT2D eigenvalue weighted by Gasteiger charge is 2.23. The van der Waals surface area contributed by atoms with Gasteiger partial charge in [0.15, 0.2) is 0 Å². The molecule has 30 heavy (non-hydrogen) atoms. The molecule has 1 N–H and O–H groups in total. The van der Waals surface area contributed by atoms with Crippen molar-refractivity contribution in [1.29, 1.82) is 0 Å². The van der Waals surface area contributed by atoms with Gasteiger partial charge >= 0.3 is 5.97 Å². The van der Waals surface area contributed by atoms with Gasteiger partial charge in [-0.15, -0.1) is 11.3 Å². The zero-order chi connectivity index (χ0) is 21.1. The van der Waals surface area contributed by atoms with Crippen LogP contribution >= 0.6 is 11.3 Å². The molecule has 156 valence electrons. The molecular formula is C23H25N3O3S. The smallest absolute Gasteiger partial charge is 0.350 e. The molecule has 0 radical (unpaired) electrons. The first-order valence-electron chi connectivity index (χ1n) is 10.1. The summed E-state index contributed by atoms with van der Waals surface area (Å²) in [6.07, 6.45) is 2.49. The van der Waals surface area contributed by atoms with Crippen molar-refractivity contribution < 1.29 is 14.3 Å². The van der Waals surface area contributed by atoms with E-state index in [1.165, 1.54) is 31.3 Å². The van der Waals surface area contributed by atoms with Crippen LogP contribution in [0.4, 0.5) is 5.69 Å². The van der Waals surface area contributed by atoms with Crippen molar-refractivity contribution in [3.63, 3.8) is 0 Å². The average molecular weight is 424 g/mol. The summed E-state index contributed by atoms with van der Waals surface area (Å²) in [5, 5.41) is 3.64. The molecule has 4 rings (SSSR count). The molecule has 6 nitrogen and oxygen atoms in total. The van der Waals surface area contributed by atoms with E-state index in [4.69, 9.17) is 9.72 Å². The highest BCUT2D eigenvalue weighted by Crippen LogP contribution is 2.36. The predicted octanol–water partition coefficient (Wildman–Crippen LogP) is 4.57. The molecule has 0 unspecified atom stereocenters. The number of fused-ring (bicyclic) bond motifs is 1. The molecule has 1 saturated heterocycles. The second-order valence-corrected chi connectivity index (χ2v) is 8.75. The number of benzene rings is 1. The molecule has 2 aromatic heterocycles. The summed E-state index contributed by atoms with van der Waals surface area (Å²) >= 11 is 1.25. The predicted molar refractivity (Wildman–Crippen MR) is 119 cm³/mol. The monoisotopic (exact) mass is 423 g/mol. The molecule has 7 heteroatoms. The summed E-state index contributed by atoms with van der Waals surface area (Å²) in [6, 6.07) is 12.8. The fraction of sp³-hybridized carbons (Fsp3) is 0.348. The number of ether oxygens (including phenoxy) is 1. The molecule has 1 aliphatic rings. The third kappa shape index (κ3) is 4.37. The Morgan fingerprint density at radius 3 is 2.77 bits per heavy atom. The molecule has 1 atom stereocenters. The van der Waals surface area contributed by atoms with Gasteiger partial charge < -0.3 is 10.1 Å². The lowest BCUT2D eigenvalue weighted by atomic mass is 10.0. The second kappa shape index (κ2) is 8.93. The number of rotatable bonds is 5. The zero-order valence-electron chi connectivity index (χ0n) is 17.2. The first kappa shape index (κ1) is 20.5. The Kier molecular flexibility index (Phi) is 6.11. The van der Waals surface area contributed by atoms with E-state index in [9.17, 15) is 9.59 Å². The number of hydrogen-bond acceptors (Lipinski definition) is 6. The molecule has 0 bridgehead atoms. The fourth-order valence-corrected chi connectivity index (χ4v) is 4.97. The minimum absolute atomic E-state index is 0.271. The number of aromatic nitrogens is 1. The van der Waals surface area contributed by atoms with Crippen molar-refractivity contribution in [3.05, 3.63) is 58.6 Å². The van der Waals surface area contributed by atoms with E-state index in [-0.39, 0.29) is 5.91 Å². The van der Waals surface area contributed by atoms with Crippen LogP contribution in [0, 0.1) is 5.92 Å². The van der Waals surface area contributed by atoms with Crippen molar-refractivity contribution in [1.82, 2.24) is 9.88 Å². The van der Waals surface area contributed by atoms with E-state index in [0.717, 1.165) is 35.5 Å². The Morgan fingerprint density at radius 2 is 2.03 bits per heavy atom. The van der Waals surface area contributed by atoms with Gasteiger partial charge in [-0.2, -0.15) is 0 Å². The number of thiophene rings is 1. The Hall–Kier alpha value is -2.77. The summed E-state index contributed by atoms with van der Waals surface area (Å²) < 4.78 is 4.94. The Morgan fingerprint density at radius 1 is 1.23 bits per heavy atom. The van der Waals surface area contributed by atoms with Crippen LogP contribution in [0.5, 0.6) is 0 Å². The number of amides is 1. The van der Waals surface area contributed by atoms with Gasteiger partial charge in [-0.1, -0.05) is 25.1 Å². The minimum atomic E-state index is -0.479. The molecule has 1 aromatic carbocycles. The third-order valence-electron chi connectivity index (χ3n) is 5.39. The summed E-state index contributed by atoms with van der Waals surface area (Å²) in [5.74, 6) is -0.0467. The number of piperidine rings is 1. The van der Waals surface area contributed by atoms with Crippen LogP contribution < -0.4 is 5.32 Å². The molecule has 0 aliphatic carbocycles. The Balaban J connectivity index is 1.64. The van der Waals surface area contributed by atoms with E-state index in [1.54, 1.807) is 24.3 Å². The van der Waals surface area contributed by atoms with Crippen LogP contribution in [0.2, 0.25) is 0 Å². The fourth-order valence-electron chi connectivity index (χ4n) is 3.90. The number of esters is 1. The second-order valence-electron chi connectivity index (χ2n) is 7.76. The standard InChI is InChI=1S/C23H25N3O3S/c1-15-7-6-12-26(13-15)14-17-10-11-18-19(20(23(28)29-2)30-22(18)24-17)25-21(27)16-8-4-3-5-9-16/h3-5,8-11,15H,6-7,12-14H2,1-2H3,(H,25,27)/t15-/m1/s1. The van der Waals surface area contributed by atoms with E-state index in [0.29, 0.717) is 22.0 Å². The zero-order valence-corrected chi connectivity index (χ0v) is 18.0. The summed E-state index contributed by atoms with van der Waals surface area (Å²) in [6.45, 7) is 5.24. The molecule has 3 aromatic rings. The van der Waals surface area contributed by atoms with E-state index < -0.39 is 5.97 Å². The molecule has 0 spiro atoms. The van der Waals surface area contributed by atoms with Crippen LogP contribution in [0.3, 0.4) is 0 Å². The quantitative estimate of drug-likeness (QED) is 0.609. The van der Waals surface area contributed by atoms with Crippen molar-refractivity contribution >= 4 is 39.1 Å². The van der Waals surface area contributed by atoms with Crippen molar-refractivity contribution in [2.75, 3.05) is 25.5 Å². The topological polar surface area (TPSA) is 71.5 Å². The number of carbonyl (C=O) groups is 2. The number of carbonyl (C=O) groups excluding carboxylic acids is 2. The number of methoxy groups -OCH3 is 1. The lowest BCUT2D eigenvalue weighted by Crippen LogP contribution is -2.33. The van der Waals surface area contributed by atoms with Crippen LogP contribution in [0.15, 0.2) is 42.5 Å². The van der Waals surface area contributed by atoms with Gasteiger partial charge in [0, 0.05) is 24.0 Å². The van der Waals surface area contributed by atoms with E-state index in [1.807, 2.05) is 18.2 Å². The van der Waals surface area contributed by atoms with Gasteiger partial charge in [-0.05, 0) is 49.6 Å². The molecular weight excluding hydrogens is 398 g/mol. The van der Waals surface area contributed by atoms with Crippen molar-refractivity contribution in [2.24, 2.45) is 5.92 Å². The van der Waals surface area contributed by atoms with Crippen LogP contribution in [0.25, 0.3) is 10.2 Å². The molecule has 3 heterocycles. The number of likely N-dealkylation sites (tertiary alicyclic amines) is 1. The molecule has 1 fully saturated rings. The Labute approximate surface area is 179 Å². The largest absolute Gasteiger partial charge is 0.465 e. The number of pyridine rings is 1. The highest BCUT2D eigenvalue weighted by molar-refractivity contribution is 7.21. The number of hydrogen-bond donors (Lipinski definition) is 1. The number of nitrogens with one attached hydrogen (secondary N) is 1. The molecule has 0 saturated carbocycles.